The maximum atomic E-state index is 11.4. The highest BCUT2D eigenvalue weighted by molar-refractivity contribution is 6.01. The van der Waals surface area contributed by atoms with Crippen molar-refractivity contribution in [2.75, 3.05) is 38.1 Å². The normalized spacial score (nSPS) is 16.6. The van der Waals surface area contributed by atoms with E-state index in [1.807, 2.05) is 12.3 Å². The van der Waals surface area contributed by atoms with Crippen LogP contribution in [-0.4, -0.2) is 53.6 Å². The summed E-state index contributed by atoms with van der Waals surface area (Å²) in [5, 5.41) is 6.56. The summed E-state index contributed by atoms with van der Waals surface area (Å²) in [5.41, 5.74) is 1.91. The van der Waals surface area contributed by atoms with Gasteiger partial charge in [0.05, 0.1) is 29.2 Å². The van der Waals surface area contributed by atoms with E-state index in [4.69, 9.17) is 0 Å². The van der Waals surface area contributed by atoms with Gasteiger partial charge in [-0.15, -0.1) is 4.91 Å². The highest BCUT2D eigenvalue weighted by Crippen LogP contribution is 2.19. The molecule has 1 aliphatic heterocycles. The van der Waals surface area contributed by atoms with E-state index in [1.54, 1.807) is 10.6 Å². The van der Waals surface area contributed by atoms with Gasteiger partial charge in [0, 0.05) is 31.4 Å². The topological polar surface area (TPSA) is 70.3 Å². The lowest BCUT2D eigenvalue weighted by atomic mass is 10.2. The lowest BCUT2D eigenvalue weighted by molar-refractivity contribution is 0.100. The molecule has 1 amide bonds. The number of rotatable bonds is 2. The molecule has 0 aliphatic carbocycles. The number of carbonyl (C=O) groups is 1. The summed E-state index contributed by atoms with van der Waals surface area (Å²) in [5.74, 6) is -0.785. The van der Waals surface area contributed by atoms with Crippen molar-refractivity contribution >= 4 is 17.1 Å². The predicted molar refractivity (Wildman–Crippen MR) is 75.0 cm³/mol. The quantitative estimate of drug-likeness (QED) is 0.763. The number of anilines is 1. The van der Waals surface area contributed by atoms with Gasteiger partial charge < -0.3 is 9.80 Å². The standard InChI is InChI=1S/C13H15N5O2/c1-16-4-6-17(7-5-16)10-2-3-12-11(13(19)15-20)8-14-18(12)9-10/h2-3,8-9H,4-7H2,1H3. The first-order valence-corrected chi connectivity index (χ1v) is 6.47. The second-order valence-corrected chi connectivity index (χ2v) is 4.96. The van der Waals surface area contributed by atoms with E-state index >= 15 is 0 Å². The second-order valence-electron chi connectivity index (χ2n) is 4.96. The van der Waals surface area contributed by atoms with Gasteiger partial charge in [0.25, 0.3) is 0 Å². The van der Waals surface area contributed by atoms with Crippen LogP contribution in [0.15, 0.2) is 29.7 Å². The molecule has 2 aromatic heterocycles. The Morgan fingerprint density at radius 2 is 2.00 bits per heavy atom. The van der Waals surface area contributed by atoms with E-state index in [0.29, 0.717) is 5.52 Å². The first kappa shape index (κ1) is 12.7. The maximum absolute atomic E-state index is 11.4. The molecule has 1 aliphatic rings. The van der Waals surface area contributed by atoms with Crippen molar-refractivity contribution in [3.63, 3.8) is 0 Å². The monoisotopic (exact) mass is 273 g/mol. The van der Waals surface area contributed by atoms with Crippen molar-refractivity contribution in [2.45, 2.75) is 0 Å². The summed E-state index contributed by atoms with van der Waals surface area (Å²) in [6.07, 6.45) is 3.26. The number of aromatic nitrogens is 2. The molecule has 0 bridgehead atoms. The predicted octanol–water partition coefficient (Wildman–Crippen LogP) is 0.993. The Hall–Kier alpha value is -2.28. The summed E-state index contributed by atoms with van der Waals surface area (Å²) in [7, 11) is 2.11. The van der Waals surface area contributed by atoms with Gasteiger partial charge in [-0.1, -0.05) is 0 Å². The molecule has 1 fully saturated rings. The van der Waals surface area contributed by atoms with Crippen LogP contribution >= 0.6 is 0 Å². The van der Waals surface area contributed by atoms with Crippen LogP contribution in [0.3, 0.4) is 0 Å². The minimum atomic E-state index is -0.785. The Bertz CT molecular complexity index is 658. The van der Waals surface area contributed by atoms with Crippen molar-refractivity contribution in [3.8, 4) is 0 Å². The summed E-state index contributed by atoms with van der Waals surface area (Å²) in [6, 6.07) is 3.75. The number of carbonyl (C=O) groups excluding carboxylic acids is 1. The van der Waals surface area contributed by atoms with Crippen LogP contribution in [0.1, 0.15) is 10.4 Å². The van der Waals surface area contributed by atoms with Gasteiger partial charge in [-0.2, -0.15) is 5.10 Å². The summed E-state index contributed by atoms with van der Waals surface area (Å²) in [6.45, 7) is 3.97. The van der Waals surface area contributed by atoms with E-state index in [-0.39, 0.29) is 5.56 Å². The fourth-order valence-corrected chi connectivity index (χ4v) is 2.44. The number of hydrogen-bond acceptors (Lipinski definition) is 5. The van der Waals surface area contributed by atoms with Crippen LogP contribution in [0.5, 0.6) is 0 Å². The van der Waals surface area contributed by atoms with Gasteiger partial charge in [-0.05, 0) is 19.2 Å². The van der Waals surface area contributed by atoms with Gasteiger partial charge in [0.1, 0.15) is 0 Å². The number of likely N-dealkylation sites (N-methyl/N-ethyl adjacent to an activating group) is 1. The fraction of sp³-hybridized carbons (Fsp3) is 0.385. The van der Waals surface area contributed by atoms with E-state index in [2.05, 4.69) is 27.1 Å². The number of amides is 1. The van der Waals surface area contributed by atoms with Crippen LogP contribution in [0.2, 0.25) is 0 Å². The van der Waals surface area contributed by atoms with Crippen molar-refractivity contribution in [1.82, 2.24) is 14.5 Å². The number of nitroso groups, excluding NO2 is 1. The van der Waals surface area contributed by atoms with E-state index in [9.17, 15) is 9.70 Å². The third-order valence-corrected chi connectivity index (χ3v) is 3.68. The van der Waals surface area contributed by atoms with Gasteiger partial charge in [-0.25, -0.2) is 4.52 Å². The van der Waals surface area contributed by atoms with Gasteiger partial charge in [0.15, 0.2) is 0 Å². The number of hydrogen-bond donors (Lipinski definition) is 0. The molecule has 0 saturated carbocycles. The Morgan fingerprint density at radius 3 is 2.70 bits per heavy atom. The van der Waals surface area contributed by atoms with Crippen LogP contribution in [0, 0.1) is 4.91 Å². The Kier molecular flexibility index (Phi) is 3.19. The van der Waals surface area contributed by atoms with Crippen molar-refractivity contribution < 1.29 is 4.79 Å². The smallest absolute Gasteiger partial charge is 0.320 e. The molecule has 104 valence electrons. The van der Waals surface area contributed by atoms with E-state index < -0.39 is 5.91 Å². The summed E-state index contributed by atoms with van der Waals surface area (Å²) < 4.78 is 1.62. The maximum Gasteiger partial charge on any atom is 0.320 e. The van der Waals surface area contributed by atoms with Crippen molar-refractivity contribution in [3.05, 3.63) is 35.0 Å². The molecule has 20 heavy (non-hydrogen) atoms. The first-order valence-electron chi connectivity index (χ1n) is 6.47. The Balaban J connectivity index is 1.92. The highest BCUT2D eigenvalue weighted by Gasteiger charge is 2.17. The molecule has 0 atom stereocenters. The molecule has 0 aromatic carbocycles. The highest BCUT2D eigenvalue weighted by atomic mass is 16.3. The minimum absolute atomic E-state index is 0.241. The summed E-state index contributed by atoms with van der Waals surface area (Å²) in [4.78, 5) is 26.3. The Labute approximate surface area is 115 Å². The summed E-state index contributed by atoms with van der Waals surface area (Å²) >= 11 is 0. The Morgan fingerprint density at radius 1 is 1.25 bits per heavy atom. The van der Waals surface area contributed by atoms with Gasteiger partial charge in [0.2, 0.25) is 0 Å². The average molecular weight is 273 g/mol. The molecule has 0 unspecified atom stereocenters. The van der Waals surface area contributed by atoms with Crippen molar-refractivity contribution in [2.24, 2.45) is 5.18 Å². The number of piperazine rings is 1. The molecule has 1 saturated heterocycles. The van der Waals surface area contributed by atoms with Crippen LogP contribution in [-0.2, 0) is 0 Å². The molecule has 7 heteroatoms. The van der Waals surface area contributed by atoms with Crippen LogP contribution in [0.25, 0.3) is 5.52 Å². The molecule has 0 spiro atoms. The number of pyridine rings is 1. The molecule has 2 aromatic rings. The minimum Gasteiger partial charge on any atom is -0.368 e. The number of nitrogens with zero attached hydrogens (tertiary/aromatic N) is 5. The third kappa shape index (κ3) is 2.16. The lowest BCUT2D eigenvalue weighted by Gasteiger charge is -2.33. The third-order valence-electron chi connectivity index (χ3n) is 3.68. The SMILES string of the molecule is CN1CCN(c2ccc3c(C(=O)N=O)cnn3c2)CC1. The van der Waals surface area contributed by atoms with E-state index in [1.165, 1.54) is 6.20 Å². The molecule has 3 heterocycles. The zero-order valence-electron chi connectivity index (χ0n) is 11.2. The fourth-order valence-electron chi connectivity index (χ4n) is 2.44. The first-order chi connectivity index (χ1) is 9.69. The van der Waals surface area contributed by atoms with E-state index in [0.717, 1.165) is 31.9 Å². The van der Waals surface area contributed by atoms with Crippen LogP contribution < -0.4 is 4.90 Å². The van der Waals surface area contributed by atoms with Gasteiger partial charge >= 0.3 is 5.91 Å². The molecule has 0 N–H and O–H groups in total. The zero-order chi connectivity index (χ0) is 14.1. The number of fused-ring (bicyclic) bond motifs is 1. The molecular formula is C13H15N5O2. The largest absolute Gasteiger partial charge is 0.368 e. The zero-order valence-corrected chi connectivity index (χ0v) is 11.2. The molecule has 7 nitrogen and oxygen atoms in total. The molecule has 3 rings (SSSR count). The molecular weight excluding hydrogens is 258 g/mol. The molecule has 0 radical (unpaired) electrons. The van der Waals surface area contributed by atoms with Crippen LogP contribution in [0.4, 0.5) is 5.69 Å². The lowest BCUT2D eigenvalue weighted by Crippen LogP contribution is -2.44. The average Bonchev–Trinajstić information content (AvgIpc) is 2.90. The second kappa shape index (κ2) is 5.01. The van der Waals surface area contributed by atoms with Crippen molar-refractivity contribution in [1.29, 1.82) is 0 Å². The van der Waals surface area contributed by atoms with Gasteiger partial charge in [-0.3, -0.25) is 4.79 Å².